The first kappa shape index (κ1) is 16.8. The first-order valence-corrected chi connectivity index (χ1v) is 6.71. The molecule has 0 atom stereocenters. The molecule has 20 heavy (non-hydrogen) atoms. The number of hydrogen-bond acceptors (Lipinski definition) is 2. The summed E-state index contributed by atoms with van der Waals surface area (Å²) in [6, 6.07) is 0. The van der Waals surface area contributed by atoms with E-state index in [2.05, 4.69) is 5.32 Å². The molecule has 116 valence electrons. The summed E-state index contributed by atoms with van der Waals surface area (Å²) in [5.74, 6) is -0.848. The molecule has 2 amide bonds. The van der Waals surface area contributed by atoms with Crippen LogP contribution < -0.4 is 5.32 Å². The van der Waals surface area contributed by atoms with E-state index in [1.54, 1.807) is 13.8 Å². The maximum atomic E-state index is 12.4. The highest BCUT2D eigenvalue weighted by Crippen LogP contribution is 2.33. The van der Waals surface area contributed by atoms with Crippen LogP contribution in [0.4, 0.5) is 13.2 Å². The van der Waals surface area contributed by atoms with Crippen LogP contribution in [0.25, 0.3) is 0 Å². The van der Waals surface area contributed by atoms with Gasteiger partial charge in [-0.25, -0.2) is 0 Å². The Kier molecular flexibility index (Phi) is 4.41. The van der Waals surface area contributed by atoms with E-state index in [1.165, 1.54) is 13.8 Å². The molecule has 4 nitrogen and oxygen atoms in total. The third-order valence-corrected chi connectivity index (χ3v) is 3.93. The van der Waals surface area contributed by atoms with Gasteiger partial charge < -0.3 is 10.2 Å². The summed E-state index contributed by atoms with van der Waals surface area (Å²) in [7, 11) is 0. The van der Waals surface area contributed by atoms with Gasteiger partial charge in [0, 0.05) is 6.54 Å². The lowest BCUT2D eigenvalue weighted by molar-refractivity contribution is -0.170. The minimum absolute atomic E-state index is 0.287. The largest absolute Gasteiger partial charge is 0.390 e. The zero-order valence-electron chi connectivity index (χ0n) is 12.2. The Bertz CT molecular complexity index is 401. The maximum Gasteiger partial charge on any atom is 0.390 e. The molecular formula is C13H21F3N2O2. The highest BCUT2D eigenvalue weighted by atomic mass is 19.4. The molecular weight excluding hydrogens is 273 g/mol. The average Bonchev–Trinajstić information content (AvgIpc) is 2.30. The van der Waals surface area contributed by atoms with Gasteiger partial charge >= 0.3 is 6.18 Å². The van der Waals surface area contributed by atoms with E-state index in [0.29, 0.717) is 0 Å². The van der Waals surface area contributed by atoms with E-state index >= 15 is 0 Å². The zero-order valence-corrected chi connectivity index (χ0v) is 12.2. The van der Waals surface area contributed by atoms with Crippen LogP contribution in [0.2, 0.25) is 0 Å². The van der Waals surface area contributed by atoms with Crippen molar-refractivity contribution >= 4 is 11.8 Å². The molecule has 0 radical (unpaired) electrons. The number of piperazine rings is 1. The van der Waals surface area contributed by atoms with Crippen molar-refractivity contribution < 1.29 is 22.8 Å². The number of hydrogen-bond donors (Lipinski definition) is 1. The van der Waals surface area contributed by atoms with E-state index in [4.69, 9.17) is 0 Å². The molecule has 0 spiro atoms. The first-order chi connectivity index (χ1) is 9.00. The molecule has 0 aromatic heterocycles. The minimum Gasteiger partial charge on any atom is -0.340 e. The highest BCUT2D eigenvalue weighted by molar-refractivity contribution is 6.01. The van der Waals surface area contributed by atoms with Crippen LogP contribution >= 0.6 is 0 Å². The molecule has 0 aromatic carbocycles. The van der Waals surface area contributed by atoms with Crippen LogP contribution in [0, 0.1) is 0 Å². The van der Waals surface area contributed by atoms with Crippen molar-refractivity contribution in [2.45, 2.75) is 64.2 Å². The summed E-state index contributed by atoms with van der Waals surface area (Å²) in [6.07, 6.45) is -4.89. The molecule has 1 N–H and O–H groups in total. The van der Waals surface area contributed by atoms with Gasteiger partial charge in [0.2, 0.25) is 11.8 Å². The normalized spacial score (nSPS) is 21.9. The number of halogens is 3. The van der Waals surface area contributed by atoms with Gasteiger partial charge in [-0.2, -0.15) is 13.2 Å². The van der Waals surface area contributed by atoms with Crippen molar-refractivity contribution in [1.82, 2.24) is 10.2 Å². The number of nitrogens with one attached hydrogen (secondary N) is 1. The van der Waals surface area contributed by atoms with Crippen molar-refractivity contribution in [1.29, 1.82) is 0 Å². The SMILES string of the molecule is CCC1(CC)C(=O)NC(C)(C)C(=O)N1CCC(F)(F)F. The number of rotatable bonds is 4. The number of nitrogens with zero attached hydrogens (tertiary/aromatic N) is 1. The Labute approximate surface area is 116 Å². The summed E-state index contributed by atoms with van der Waals surface area (Å²) in [4.78, 5) is 25.8. The predicted octanol–water partition coefficient (Wildman–Crippen LogP) is 2.23. The third-order valence-electron chi connectivity index (χ3n) is 3.93. The van der Waals surface area contributed by atoms with Crippen LogP contribution in [-0.2, 0) is 9.59 Å². The molecule has 1 rings (SSSR count). The Morgan fingerprint density at radius 2 is 1.65 bits per heavy atom. The topological polar surface area (TPSA) is 49.4 Å². The van der Waals surface area contributed by atoms with Gasteiger partial charge in [0.1, 0.15) is 11.1 Å². The van der Waals surface area contributed by atoms with Gasteiger partial charge in [0.25, 0.3) is 0 Å². The van der Waals surface area contributed by atoms with E-state index in [0.717, 1.165) is 4.90 Å². The van der Waals surface area contributed by atoms with Crippen LogP contribution in [0.5, 0.6) is 0 Å². The summed E-state index contributed by atoms with van der Waals surface area (Å²) >= 11 is 0. The Morgan fingerprint density at radius 1 is 1.15 bits per heavy atom. The van der Waals surface area contributed by atoms with Gasteiger partial charge in [-0.1, -0.05) is 13.8 Å². The second kappa shape index (κ2) is 5.26. The van der Waals surface area contributed by atoms with Crippen LogP contribution in [0.15, 0.2) is 0 Å². The lowest BCUT2D eigenvalue weighted by Crippen LogP contribution is -2.74. The smallest absolute Gasteiger partial charge is 0.340 e. The maximum absolute atomic E-state index is 12.4. The Morgan fingerprint density at radius 3 is 2.05 bits per heavy atom. The molecule has 0 aliphatic carbocycles. The molecule has 0 saturated carbocycles. The fraction of sp³-hybridized carbons (Fsp3) is 0.846. The van der Waals surface area contributed by atoms with Gasteiger partial charge in [0.05, 0.1) is 6.42 Å². The Balaban J connectivity index is 3.14. The standard InChI is InChI=1S/C13H21F3N2O2/c1-5-12(6-2)9(19)17-11(3,4)10(20)18(12)8-7-13(14,15)16/h5-8H2,1-4H3,(H,17,19). The fourth-order valence-corrected chi connectivity index (χ4v) is 2.61. The lowest BCUT2D eigenvalue weighted by Gasteiger charge is -2.50. The van der Waals surface area contributed by atoms with Crippen LogP contribution in [0.1, 0.15) is 47.0 Å². The number of carbonyl (C=O) groups excluding carboxylic acids is 2. The summed E-state index contributed by atoms with van der Waals surface area (Å²) in [5.41, 5.74) is -2.35. The Hall–Kier alpha value is -1.27. The summed E-state index contributed by atoms with van der Waals surface area (Å²) in [5, 5.41) is 2.61. The van der Waals surface area contributed by atoms with E-state index in [9.17, 15) is 22.8 Å². The van der Waals surface area contributed by atoms with Gasteiger partial charge in [0.15, 0.2) is 0 Å². The molecule has 0 unspecified atom stereocenters. The first-order valence-electron chi connectivity index (χ1n) is 6.71. The second-order valence-electron chi connectivity index (χ2n) is 5.64. The molecule has 0 bridgehead atoms. The zero-order chi connectivity index (χ0) is 15.8. The number of carbonyl (C=O) groups is 2. The van der Waals surface area contributed by atoms with Crippen molar-refractivity contribution in [3.8, 4) is 0 Å². The van der Waals surface area contributed by atoms with Gasteiger partial charge in [-0.15, -0.1) is 0 Å². The van der Waals surface area contributed by atoms with Gasteiger partial charge in [-0.05, 0) is 26.7 Å². The van der Waals surface area contributed by atoms with Crippen LogP contribution in [0.3, 0.4) is 0 Å². The van der Waals surface area contributed by atoms with Crippen LogP contribution in [-0.4, -0.2) is 40.5 Å². The number of alkyl halides is 3. The lowest BCUT2D eigenvalue weighted by atomic mass is 9.82. The molecule has 1 saturated heterocycles. The third kappa shape index (κ3) is 2.91. The van der Waals surface area contributed by atoms with E-state index in [1.807, 2.05) is 0 Å². The summed E-state index contributed by atoms with van der Waals surface area (Å²) in [6.45, 7) is 5.93. The highest BCUT2D eigenvalue weighted by Gasteiger charge is 2.53. The molecule has 1 aliphatic heterocycles. The molecule has 0 aromatic rings. The minimum atomic E-state index is -4.36. The molecule has 1 heterocycles. The monoisotopic (exact) mass is 294 g/mol. The summed E-state index contributed by atoms with van der Waals surface area (Å²) < 4.78 is 37.3. The second-order valence-corrected chi connectivity index (χ2v) is 5.64. The fourth-order valence-electron chi connectivity index (χ4n) is 2.61. The van der Waals surface area contributed by atoms with Crippen molar-refractivity contribution in [2.24, 2.45) is 0 Å². The van der Waals surface area contributed by atoms with E-state index < -0.39 is 36.1 Å². The average molecular weight is 294 g/mol. The van der Waals surface area contributed by atoms with Gasteiger partial charge in [-0.3, -0.25) is 9.59 Å². The van der Waals surface area contributed by atoms with E-state index in [-0.39, 0.29) is 18.7 Å². The molecule has 1 fully saturated rings. The molecule has 1 aliphatic rings. The quantitative estimate of drug-likeness (QED) is 0.864. The number of amides is 2. The van der Waals surface area contributed by atoms with Crippen molar-refractivity contribution in [3.05, 3.63) is 0 Å². The molecule has 7 heteroatoms. The van der Waals surface area contributed by atoms with Crippen molar-refractivity contribution in [3.63, 3.8) is 0 Å². The predicted molar refractivity (Wildman–Crippen MR) is 67.9 cm³/mol. The van der Waals surface area contributed by atoms with Crippen molar-refractivity contribution in [2.75, 3.05) is 6.54 Å².